The molecule has 0 atom stereocenters. The van der Waals surface area contributed by atoms with Crippen LogP contribution < -0.4 is 5.32 Å². The van der Waals surface area contributed by atoms with Crippen LogP contribution in [-0.2, 0) is 14.3 Å². The van der Waals surface area contributed by atoms with Gasteiger partial charge < -0.3 is 14.8 Å². The van der Waals surface area contributed by atoms with E-state index in [0.29, 0.717) is 19.6 Å². The van der Waals surface area contributed by atoms with Crippen LogP contribution in [0, 0.1) is 0 Å². The SMILES string of the molecule is COCCOC(=O)CCCNc1ccccc1. The van der Waals surface area contributed by atoms with Crippen molar-refractivity contribution in [1.82, 2.24) is 0 Å². The van der Waals surface area contributed by atoms with Crippen LogP contribution in [0.3, 0.4) is 0 Å². The maximum absolute atomic E-state index is 11.2. The molecule has 0 amide bonds. The highest BCUT2D eigenvalue weighted by Gasteiger charge is 2.01. The van der Waals surface area contributed by atoms with Gasteiger partial charge in [0.2, 0.25) is 0 Å². The molecule has 1 aromatic rings. The number of hydrogen-bond donors (Lipinski definition) is 1. The Hall–Kier alpha value is -1.55. The monoisotopic (exact) mass is 237 g/mol. The van der Waals surface area contributed by atoms with Gasteiger partial charge in [0.15, 0.2) is 0 Å². The first kappa shape index (κ1) is 13.5. The van der Waals surface area contributed by atoms with E-state index in [2.05, 4.69) is 5.32 Å². The quantitative estimate of drug-likeness (QED) is 0.555. The number of carbonyl (C=O) groups excluding carboxylic acids is 1. The molecule has 0 spiro atoms. The Labute approximate surface area is 102 Å². The number of hydrogen-bond acceptors (Lipinski definition) is 4. The van der Waals surface area contributed by atoms with Gasteiger partial charge in [0.05, 0.1) is 6.61 Å². The Kier molecular flexibility index (Phi) is 6.82. The van der Waals surface area contributed by atoms with Crippen molar-refractivity contribution in [2.75, 3.05) is 32.2 Å². The second kappa shape index (κ2) is 8.58. The largest absolute Gasteiger partial charge is 0.463 e. The molecule has 4 nitrogen and oxygen atoms in total. The standard InChI is InChI=1S/C13H19NO3/c1-16-10-11-17-13(15)8-5-9-14-12-6-3-2-4-7-12/h2-4,6-7,14H,5,8-11H2,1H3. The van der Waals surface area contributed by atoms with E-state index < -0.39 is 0 Å². The third kappa shape index (κ3) is 6.58. The third-order valence-corrected chi connectivity index (χ3v) is 2.21. The van der Waals surface area contributed by atoms with E-state index in [-0.39, 0.29) is 5.97 Å². The van der Waals surface area contributed by atoms with Gasteiger partial charge in [0, 0.05) is 25.8 Å². The van der Waals surface area contributed by atoms with Gasteiger partial charge in [-0.3, -0.25) is 4.79 Å². The van der Waals surface area contributed by atoms with Crippen molar-refractivity contribution < 1.29 is 14.3 Å². The summed E-state index contributed by atoms with van der Waals surface area (Å²) in [7, 11) is 1.58. The van der Waals surface area contributed by atoms with E-state index in [1.807, 2.05) is 30.3 Å². The first-order valence-corrected chi connectivity index (χ1v) is 5.76. The highest BCUT2D eigenvalue weighted by Crippen LogP contribution is 2.05. The van der Waals surface area contributed by atoms with Gasteiger partial charge in [0.25, 0.3) is 0 Å². The maximum Gasteiger partial charge on any atom is 0.305 e. The van der Waals surface area contributed by atoms with Crippen LogP contribution in [0.1, 0.15) is 12.8 Å². The molecule has 94 valence electrons. The summed E-state index contributed by atoms with van der Waals surface area (Å²) in [6.45, 7) is 1.55. The second-order valence-corrected chi connectivity index (χ2v) is 3.61. The molecule has 0 saturated carbocycles. The Morgan fingerprint density at radius 3 is 2.71 bits per heavy atom. The van der Waals surface area contributed by atoms with Gasteiger partial charge in [-0.25, -0.2) is 0 Å². The fraction of sp³-hybridized carbons (Fsp3) is 0.462. The van der Waals surface area contributed by atoms with Crippen LogP contribution in [0.15, 0.2) is 30.3 Å². The highest BCUT2D eigenvalue weighted by atomic mass is 16.6. The van der Waals surface area contributed by atoms with Crippen molar-refractivity contribution in [2.45, 2.75) is 12.8 Å². The van der Waals surface area contributed by atoms with Gasteiger partial charge in [0.1, 0.15) is 6.61 Å². The highest BCUT2D eigenvalue weighted by molar-refractivity contribution is 5.69. The number of nitrogens with one attached hydrogen (secondary N) is 1. The average Bonchev–Trinajstić information content (AvgIpc) is 2.36. The molecule has 1 aromatic carbocycles. The van der Waals surface area contributed by atoms with Crippen LogP contribution in [0.25, 0.3) is 0 Å². The molecule has 0 fully saturated rings. The van der Waals surface area contributed by atoms with Gasteiger partial charge in [-0.15, -0.1) is 0 Å². The fourth-order valence-corrected chi connectivity index (χ4v) is 1.33. The van der Waals surface area contributed by atoms with Gasteiger partial charge in [-0.05, 0) is 18.6 Å². The summed E-state index contributed by atoms with van der Waals surface area (Å²) in [5.41, 5.74) is 1.07. The number of anilines is 1. The van der Waals surface area contributed by atoms with E-state index in [0.717, 1.165) is 18.7 Å². The Bertz CT molecular complexity index is 314. The number of esters is 1. The summed E-state index contributed by atoms with van der Waals surface area (Å²) < 4.78 is 9.73. The van der Waals surface area contributed by atoms with E-state index in [9.17, 15) is 4.79 Å². The van der Waals surface area contributed by atoms with E-state index in [1.165, 1.54) is 0 Å². The van der Waals surface area contributed by atoms with Crippen LogP contribution >= 0.6 is 0 Å². The summed E-state index contributed by atoms with van der Waals surface area (Å²) in [5, 5.41) is 3.23. The minimum Gasteiger partial charge on any atom is -0.463 e. The molecule has 1 rings (SSSR count). The lowest BCUT2D eigenvalue weighted by Gasteiger charge is -2.06. The van der Waals surface area contributed by atoms with Crippen molar-refractivity contribution >= 4 is 11.7 Å². The van der Waals surface area contributed by atoms with E-state index in [1.54, 1.807) is 7.11 Å². The molecule has 0 heterocycles. The van der Waals surface area contributed by atoms with Gasteiger partial charge >= 0.3 is 5.97 Å². The molecule has 1 N–H and O–H groups in total. The number of methoxy groups -OCH3 is 1. The maximum atomic E-state index is 11.2. The molecule has 0 unspecified atom stereocenters. The molecule has 0 bridgehead atoms. The van der Waals surface area contributed by atoms with Crippen LogP contribution in [0.4, 0.5) is 5.69 Å². The lowest BCUT2D eigenvalue weighted by atomic mass is 10.3. The van der Waals surface area contributed by atoms with Crippen molar-refractivity contribution in [2.24, 2.45) is 0 Å². The Balaban J connectivity index is 2.02. The van der Waals surface area contributed by atoms with Crippen LogP contribution in [-0.4, -0.2) is 32.8 Å². The second-order valence-electron chi connectivity index (χ2n) is 3.61. The Morgan fingerprint density at radius 1 is 1.24 bits per heavy atom. The molecule has 0 aliphatic carbocycles. The van der Waals surface area contributed by atoms with E-state index in [4.69, 9.17) is 9.47 Å². The molecule has 0 radical (unpaired) electrons. The molecule has 4 heteroatoms. The first-order valence-electron chi connectivity index (χ1n) is 5.76. The van der Waals surface area contributed by atoms with Crippen LogP contribution in [0.2, 0.25) is 0 Å². The molecule has 0 saturated heterocycles. The molecule has 0 aliphatic rings. The number of benzene rings is 1. The lowest BCUT2D eigenvalue weighted by molar-refractivity contribution is -0.144. The number of rotatable bonds is 8. The zero-order chi connectivity index (χ0) is 12.3. The predicted octanol–water partition coefficient (Wildman–Crippen LogP) is 2.07. The normalized spacial score (nSPS) is 9.94. The molecular weight excluding hydrogens is 218 g/mol. The molecular formula is C13H19NO3. The number of para-hydroxylation sites is 1. The topological polar surface area (TPSA) is 47.6 Å². The van der Waals surface area contributed by atoms with Crippen molar-refractivity contribution in [3.05, 3.63) is 30.3 Å². The minimum absolute atomic E-state index is 0.170. The van der Waals surface area contributed by atoms with Gasteiger partial charge in [-0.2, -0.15) is 0 Å². The minimum atomic E-state index is -0.170. The molecule has 0 aromatic heterocycles. The zero-order valence-electron chi connectivity index (χ0n) is 10.1. The Morgan fingerprint density at radius 2 is 2.00 bits per heavy atom. The van der Waals surface area contributed by atoms with Crippen molar-refractivity contribution in [1.29, 1.82) is 0 Å². The van der Waals surface area contributed by atoms with Crippen molar-refractivity contribution in [3.8, 4) is 0 Å². The number of carbonyl (C=O) groups is 1. The predicted molar refractivity (Wildman–Crippen MR) is 67.0 cm³/mol. The lowest BCUT2D eigenvalue weighted by Crippen LogP contribution is -2.11. The smallest absolute Gasteiger partial charge is 0.305 e. The summed E-state index contributed by atoms with van der Waals surface area (Å²) in [5.74, 6) is -0.170. The molecule has 0 aliphatic heterocycles. The van der Waals surface area contributed by atoms with Crippen molar-refractivity contribution in [3.63, 3.8) is 0 Å². The van der Waals surface area contributed by atoms with E-state index >= 15 is 0 Å². The third-order valence-electron chi connectivity index (χ3n) is 2.21. The number of ether oxygens (including phenoxy) is 2. The fourth-order valence-electron chi connectivity index (χ4n) is 1.33. The first-order chi connectivity index (χ1) is 8.33. The summed E-state index contributed by atoms with van der Waals surface area (Å²) in [6.07, 6.45) is 1.20. The zero-order valence-corrected chi connectivity index (χ0v) is 10.1. The van der Waals surface area contributed by atoms with Crippen LogP contribution in [0.5, 0.6) is 0 Å². The molecule has 17 heavy (non-hydrogen) atoms. The average molecular weight is 237 g/mol. The summed E-state index contributed by atoms with van der Waals surface area (Å²) >= 11 is 0. The summed E-state index contributed by atoms with van der Waals surface area (Å²) in [4.78, 5) is 11.2. The summed E-state index contributed by atoms with van der Waals surface area (Å²) in [6, 6.07) is 9.91. The van der Waals surface area contributed by atoms with Gasteiger partial charge in [-0.1, -0.05) is 18.2 Å².